The average Bonchev–Trinajstić information content (AvgIpc) is 2.29. The Morgan fingerprint density at radius 1 is 1.53 bits per heavy atom. The fourth-order valence-corrected chi connectivity index (χ4v) is 1.19. The molecule has 17 heavy (non-hydrogen) atoms. The van der Waals surface area contributed by atoms with Crippen LogP contribution in [-0.2, 0) is 0 Å². The fourth-order valence-electron chi connectivity index (χ4n) is 1.19. The maximum absolute atomic E-state index is 10.4. The Kier molecular flexibility index (Phi) is 5.31. The van der Waals surface area contributed by atoms with Gasteiger partial charge in [0.05, 0.1) is 11.0 Å². The summed E-state index contributed by atoms with van der Waals surface area (Å²) in [5, 5.41) is 25.4. The first-order chi connectivity index (χ1) is 8.09. The number of hydrogen-bond donors (Lipinski definition) is 3. The summed E-state index contributed by atoms with van der Waals surface area (Å²) in [5.74, 6) is 0.592. The van der Waals surface area contributed by atoms with Crippen LogP contribution in [0.15, 0.2) is 18.3 Å². The minimum Gasteiger partial charge on any atom is -0.392 e. The van der Waals surface area contributed by atoms with Crippen molar-refractivity contribution >= 4 is 11.5 Å². The molecule has 0 aliphatic heterocycles. The fraction of sp³-hybridized carbons (Fsp3) is 0.500. The molecule has 0 amide bonds. The summed E-state index contributed by atoms with van der Waals surface area (Å²) in [6, 6.07) is 2.96. The van der Waals surface area contributed by atoms with Gasteiger partial charge < -0.3 is 15.7 Å². The highest BCUT2D eigenvalue weighted by atomic mass is 16.6. The minimum absolute atomic E-state index is 0.0252. The second kappa shape index (κ2) is 6.77. The second-order valence-electron chi connectivity index (χ2n) is 3.64. The first-order valence-corrected chi connectivity index (χ1v) is 5.32. The molecule has 0 aliphatic rings. The van der Waals surface area contributed by atoms with Crippen LogP contribution in [-0.4, -0.2) is 40.8 Å². The Hall–Kier alpha value is -1.73. The summed E-state index contributed by atoms with van der Waals surface area (Å²) < 4.78 is 0. The van der Waals surface area contributed by atoms with Gasteiger partial charge in [0.2, 0.25) is 0 Å². The molecule has 7 heteroatoms. The third-order valence-electron chi connectivity index (χ3n) is 2.01. The molecule has 0 aromatic carbocycles. The summed E-state index contributed by atoms with van der Waals surface area (Å²) in [6.45, 7) is 3.56. The summed E-state index contributed by atoms with van der Waals surface area (Å²) in [5.41, 5.74) is -0.0252. The molecule has 0 bridgehead atoms. The maximum atomic E-state index is 10.4. The predicted octanol–water partition coefficient (Wildman–Crippen LogP) is 0.372. The minimum atomic E-state index is -0.485. The Labute approximate surface area is 99.0 Å². The van der Waals surface area contributed by atoms with Crippen LogP contribution in [0.3, 0.4) is 0 Å². The van der Waals surface area contributed by atoms with Gasteiger partial charge in [-0.2, -0.15) is 0 Å². The number of nitrogens with one attached hydrogen (secondary N) is 2. The Balaban J connectivity index is 2.25. The third kappa shape index (κ3) is 5.23. The molecule has 0 fully saturated rings. The lowest BCUT2D eigenvalue weighted by Gasteiger charge is -2.08. The largest absolute Gasteiger partial charge is 0.392 e. The van der Waals surface area contributed by atoms with Gasteiger partial charge in [-0.1, -0.05) is 0 Å². The van der Waals surface area contributed by atoms with E-state index in [2.05, 4.69) is 15.6 Å². The van der Waals surface area contributed by atoms with Gasteiger partial charge in [-0.05, 0) is 13.0 Å². The molecule has 0 radical (unpaired) electrons. The van der Waals surface area contributed by atoms with E-state index < -0.39 is 4.92 Å². The molecular weight excluding hydrogens is 224 g/mol. The lowest BCUT2D eigenvalue weighted by molar-refractivity contribution is -0.385. The molecule has 1 atom stereocenters. The van der Waals surface area contributed by atoms with Crippen LogP contribution in [0.5, 0.6) is 0 Å². The van der Waals surface area contributed by atoms with E-state index in [1.165, 1.54) is 12.3 Å². The molecule has 1 unspecified atom stereocenters. The van der Waals surface area contributed by atoms with Crippen molar-refractivity contribution in [1.29, 1.82) is 0 Å². The normalized spacial score (nSPS) is 12.1. The number of hydrogen-bond acceptors (Lipinski definition) is 6. The van der Waals surface area contributed by atoms with E-state index in [4.69, 9.17) is 5.11 Å². The van der Waals surface area contributed by atoms with Gasteiger partial charge >= 0.3 is 0 Å². The van der Waals surface area contributed by atoms with E-state index in [1.807, 2.05) is 0 Å². The number of anilines is 1. The maximum Gasteiger partial charge on any atom is 0.287 e. The molecule has 0 saturated carbocycles. The van der Waals surface area contributed by atoms with E-state index >= 15 is 0 Å². The number of nitro groups is 1. The highest BCUT2D eigenvalue weighted by Gasteiger charge is 2.04. The molecule has 0 spiro atoms. The SMILES string of the molecule is CC(O)CNCCNc1ccc([N+](=O)[O-])cn1. The van der Waals surface area contributed by atoms with Gasteiger partial charge in [0.15, 0.2) is 0 Å². The van der Waals surface area contributed by atoms with Crippen molar-refractivity contribution in [3.05, 3.63) is 28.4 Å². The second-order valence-corrected chi connectivity index (χ2v) is 3.64. The van der Waals surface area contributed by atoms with Crippen LogP contribution in [0.2, 0.25) is 0 Å². The zero-order valence-corrected chi connectivity index (χ0v) is 9.59. The van der Waals surface area contributed by atoms with Crippen LogP contribution >= 0.6 is 0 Å². The summed E-state index contributed by atoms with van der Waals surface area (Å²) >= 11 is 0. The van der Waals surface area contributed by atoms with E-state index in [0.717, 1.165) is 0 Å². The average molecular weight is 240 g/mol. The van der Waals surface area contributed by atoms with E-state index in [-0.39, 0.29) is 11.8 Å². The van der Waals surface area contributed by atoms with Crippen molar-refractivity contribution in [3.63, 3.8) is 0 Å². The van der Waals surface area contributed by atoms with Gasteiger partial charge in [0.25, 0.3) is 5.69 Å². The molecule has 3 N–H and O–H groups in total. The van der Waals surface area contributed by atoms with Gasteiger partial charge in [-0.3, -0.25) is 10.1 Å². The summed E-state index contributed by atoms with van der Waals surface area (Å²) in [7, 11) is 0. The molecule has 94 valence electrons. The molecule has 1 aromatic rings. The van der Waals surface area contributed by atoms with Gasteiger partial charge in [-0.25, -0.2) is 4.98 Å². The smallest absolute Gasteiger partial charge is 0.287 e. The van der Waals surface area contributed by atoms with Crippen molar-refractivity contribution < 1.29 is 10.0 Å². The third-order valence-corrected chi connectivity index (χ3v) is 2.01. The highest BCUT2D eigenvalue weighted by molar-refractivity contribution is 5.39. The number of aromatic nitrogens is 1. The topological polar surface area (TPSA) is 100 Å². The number of pyridine rings is 1. The number of aliphatic hydroxyl groups is 1. The van der Waals surface area contributed by atoms with Crippen molar-refractivity contribution in [2.45, 2.75) is 13.0 Å². The molecule has 1 rings (SSSR count). The standard InChI is InChI=1S/C10H16N4O3/c1-8(15)6-11-4-5-12-10-3-2-9(7-13-10)14(16)17/h2-3,7-8,11,15H,4-6H2,1H3,(H,12,13). The van der Waals surface area contributed by atoms with Crippen LogP contribution in [0.1, 0.15) is 6.92 Å². The van der Waals surface area contributed by atoms with Gasteiger partial charge in [-0.15, -0.1) is 0 Å². The lowest BCUT2D eigenvalue weighted by atomic mass is 10.4. The van der Waals surface area contributed by atoms with Crippen LogP contribution in [0.25, 0.3) is 0 Å². The summed E-state index contributed by atoms with van der Waals surface area (Å²) in [4.78, 5) is 13.8. The van der Waals surface area contributed by atoms with Crippen LogP contribution in [0, 0.1) is 10.1 Å². The van der Waals surface area contributed by atoms with Gasteiger partial charge in [0, 0.05) is 25.7 Å². The zero-order valence-electron chi connectivity index (χ0n) is 9.59. The lowest BCUT2D eigenvalue weighted by Crippen LogP contribution is -2.29. The van der Waals surface area contributed by atoms with E-state index in [9.17, 15) is 10.1 Å². The van der Waals surface area contributed by atoms with Gasteiger partial charge in [0.1, 0.15) is 12.0 Å². The van der Waals surface area contributed by atoms with Crippen molar-refractivity contribution in [1.82, 2.24) is 10.3 Å². The quantitative estimate of drug-likeness (QED) is 0.362. The monoisotopic (exact) mass is 240 g/mol. The zero-order chi connectivity index (χ0) is 12.7. The highest BCUT2D eigenvalue weighted by Crippen LogP contribution is 2.11. The van der Waals surface area contributed by atoms with Crippen LogP contribution < -0.4 is 10.6 Å². The number of aliphatic hydroxyl groups excluding tert-OH is 1. The van der Waals surface area contributed by atoms with Crippen LogP contribution in [0.4, 0.5) is 11.5 Å². The van der Waals surface area contributed by atoms with E-state index in [1.54, 1.807) is 13.0 Å². The predicted molar refractivity (Wildman–Crippen MR) is 63.9 cm³/mol. The molecular formula is C10H16N4O3. The first-order valence-electron chi connectivity index (χ1n) is 5.32. The molecule has 1 aromatic heterocycles. The molecule has 0 saturated heterocycles. The van der Waals surface area contributed by atoms with Crippen molar-refractivity contribution in [2.75, 3.05) is 25.0 Å². The Morgan fingerprint density at radius 3 is 2.82 bits per heavy atom. The Bertz CT molecular complexity index is 353. The Morgan fingerprint density at radius 2 is 2.29 bits per heavy atom. The van der Waals surface area contributed by atoms with E-state index in [0.29, 0.717) is 25.5 Å². The van der Waals surface area contributed by atoms with Crippen molar-refractivity contribution in [3.8, 4) is 0 Å². The number of rotatable bonds is 7. The molecule has 7 nitrogen and oxygen atoms in total. The first kappa shape index (κ1) is 13.3. The number of nitrogens with zero attached hydrogens (tertiary/aromatic N) is 2. The molecule has 1 heterocycles. The van der Waals surface area contributed by atoms with Crippen molar-refractivity contribution in [2.24, 2.45) is 0 Å². The molecule has 0 aliphatic carbocycles. The summed E-state index contributed by atoms with van der Waals surface area (Å²) in [6.07, 6.45) is 0.846.